The van der Waals surface area contributed by atoms with E-state index in [1.54, 1.807) is 0 Å². The van der Waals surface area contributed by atoms with Crippen LogP contribution in [0.5, 0.6) is 23.0 Å². The maximum Gasteiger partial charge on any atom is 0.198 e. The van der Waals surface area contributed by atoms with E-state index in [-0.39, 0.29) is 0 Å². The standard InChI is InChI=1S/C26H20N6O2S2/c27-25-29-17-11-21(33-15-7-3-1-4-8-15)23(13-19(17)31-25)35-36-24-14-20-18(30-26(28)32-20)12-22(24)34-16-9-5-2-6-10-16/h1-14H,(H3,27,29,31)(H3,28,30,32). The minimum atomic E-state index is 0.352. The summed E-state index contributed by atoms with van der Waals surface area (Å²) in [5.41, 5.74) is 14.9. The zero-order chi connectivity index (χ0) is 24.5. The highest BCUT2D eigenvalue weighted by Crippen LogP contribution is 2.48. The number of nitrogens with zero attached hydrogens (tertiary/aromatic N) is 2. The van der Waals surface area contributed by atoms with Gasteiger partial charge in [0.2, 0.25) is 0 Å². The van der Waals surface area contributed by atoms with Crippen molar-refractivity contribution in [2.24, 2.45) is 0 Å². The molecule has 6 N–H and O–H groups in total. The highest BCUT2D eigenvalue weighted by molar-refractivity contribution is 8.76. The Morgan fingerprint density at radius 2 is 1.00 bits per heavy atom. The van der Waals surface area contributed by atoms with Crippen molar-refractivity contribution in [2.45, 2.75) is 9.79 Å². The largest absolute Gasteiger partial charge is 0.456 e. The molecule has 0 amide bonds. The number of fused-ring (bicyclic) bond motifs is 2. The number of nitrogen functional groups attached to an aromatic ring is 2. The van der Waals surface area contributed by atoms with Crippen molar-refractivity contribution < 1.29 is 9.47 Å². The number of para-hydroxylation sites is 2. The monoisotopic (exact) mass is 512 g/mol. The van der Waals surface area contributed by atoms with Crippen molar-refractivity contribution in [1.29, 1.82) is 0 Å². The van der Waals surface area contributed by atoms with Gasteiger partial charge in [0, 0.05) is 12.1 Å². The predicted octanol–water partition coefficient (Wildman–Crippen LogP) is 6.99. The van der Waals surface area contributed by atoms with Crippen LogP contribution in [-0.4, -0.2) is 19.9 Å². The van der Waals surface area contributed by atoms with Crippen molar-refractivity contribution in [3.8, 4) is 23.0 Å². The molecule has 178 valence electrons. The van der Waals surface area contributed by atoms with E-state index in [0.29, 0.717) is 23.4 Å². The summed E-state index contributed by atoms with van der Waals surface area (Å²) in [7, 11) is 3.06. The van der Waals surface area contributed by atoms with Crippen LogP contribution in [0.3, 0.4) is 0 Å². The Kier molecular flexibility index (Phi) is 5.80. The molecule has 2 aromatic heterocycles. The Balaban J connectivity index is 1.36. The van der Waals surface area contributed by atoms with Gasteiger partial charge in [0.1, 0.15) is 23.0 Å². The predicted molar refractivity (Wildman–Crippen MR) is 146 cm³/mol. The van der Waals surface area contributed by atoms with Gasteiger partial charge in [-0.1, -0.05) is 36.4 Å². The summed E-state index contributed by atoms with van der Waals surface area (Å²) in [6.07, 6.45) is 0. The molecule has 0 aliphatic carbocycles. The summed E-state index contributed by atoms with van der Waals surface area (Å²) < 4.78 is 12.5. The van der Waals surface area contributed by atoms with Gasteiger partial charge >= 0.3 is 0 Å². The van der Waals surface area contributed by atoms with E-state index >= 15 is 0 Å². The Hall–Kier alpha value is -4.28. The van der Waals surface area contributed by atoms with Gasteiger partial charge in [-0.05, 0) is 58.0 Å². The third kappa shape index (κ3) is 4.64. The number of ether oxygens (including phenoxy) is 2. The average molecular weight is 513 g/mol. The molecule has 0 aliphatic rings. The number of hydrogen-bond acceptors (Lipinski definition) is 8. The van der Waals surface area contributed by atoms with E-state index in [1.807, 2.05) is 84.9 Å². The highest BCUT2D eigenvalue weighted by Gasteiger charge is 2.16. The molecule has 4 aromatic carbocycles. The molecule has 0 fully saturated rings. The molecule has 6 rings (SSSR count). The van der Waals surface area contributed by atoms with E-state index in [4.69, 9.17) is 20.9 Å². The summed E-state index contributed by atoms with van der Waals surface area (Å²) in [5, 5.41) is 0. The zero-order valence-corrected chi connectivity index (χ0v) is 20.4. The quantitative estimate of drug-likeness (QED) is 0.169. The van der Waals surface area contributed by atoms with Crippen molar-refractivity contribution in [2.75, 3.05) is 11.5 Å². The van der Waals surface area contributed by atoms with E-state index in [1.165, 1.54) is 21.6 Å². The lowest BCUT2D eigenvalue weighted by molar-refractivity contribution is 0.471. The molecule has 36 heavy (non-hydrogen) atoms. The number of anilines is 2. The van der Waals surface area contributed by atoms with E-state index in [0.717, 1.165) is 43.4 Å². The molecule has 2 heterocycles. The normalized spacial score (nSPS) is 11.2. The van der Waals surface area contributed by atoms with Crippen LogP contribution in [0.1, 0.15) is 0 Å². The highest BCUT2D eigenvalue weighted by atomic mass is 33.1. The van der Waals surface area contributed by atoms with Crippen LogP contribution < -0.4 is 20.9 Å². The Bertz CT molecular complexity index is 1540. The van der Waals surface area contributed by atoms with Gasteiger partial charge in [-0.15, -0.1) is 0 Å². The summed E-state index contributed by atoms with van der Waals surface area (Å²) in [6, 6.07) is 27.0. The Morgan fingerprint density at radius 3 is 1.42 bits per heavy atom. The van der Waals surface area contributed by atoms with Crippen molar-refractivity contribution in [3.63, 3.8) is 0 Å². The van der Waals surface area contributed by atoms with Gasteiger partial charge in [0.05, 0.1) is 31.9 Å². The smallest absolute Gasteiger partial charge is 0.198 e. The molecule has 0 bridgehead atoms. The fourth-order valence-electron chi connectivity index (χ4n) is 3.69. The van der Waals surface area contributed by atoms with Gasteiger partial charge in [0.15, 0.2) is 11.9 Å². The number of aromatic amines is 2. The molecule has 0 spiro atoms. The zero-order valence-electron chi connectivity index (χ0n) is 18.8. The minimum absolute atomic E-state index is 0.352. The summed E-state index contributed by atoms with van der Waals surface area (Å²) in [5.74, 6) is 3.54. The maximum atomic E-state index is 6.23. The third-order valence-corrected chi connectivity index (χ3v) is 7.70. The maximum absolute atomic E-state index is 6.23. The second kappa shape index (κ2) is 9.40. The number of H-pyrrole nitrogens is 2. The first-order valence-corrected chi connectivity index (χ1v) is 13.1. The van der Waals surface area contributed by atoms with Crippen LogP contribution in [0.2, 0.25) is 0 Å². The van der Waals surface area contributed by atoms with E-state index in [2.05, 4.69) is 19.9 Å². The molecule has 0 atom stereocenters. The van der Waals surface area contributed by atoms with Crippen molar-refractivity contribution in [1.82, 2.24) is 19.9 Å². The first-order chi connectivity index (χ1) is 17.6. The fraction of sp³-hybridized carbons (Fsp3) is 0. The lowest BCUT2D eigenvalue weighted by atomic mass is 10.3. The number of aromatic nitrogens is 4. The Labute approximate surface area is 213 Å². The topological polar surface area (TPSA) is 128 Å². The molecule has 0 unspecified atom stereocenters. The number of imidazole rings is 2. The molecule has 0 saturated carbocycles. The average Bonchev–Trinajstić information content (AvgIpc) is 3.43. The number of benzene rings is 4. The van der Waals surface area contributed by atoms with Gasteiger partial charge in [-0.3, -0.25) is 0 Å². The van der Waals surface area contributed by atoms with E-state index in [9.17, 15) is 0 Å². The number of nitrogens with one attached hydrogen (secondary N) is 2. The van der Waals surface area contributed by atoms with Crippen LogP contribution in [0.25, 0.3) is 22.1 Å². The van der Waals surface area contributed by atoms with Crippen molar-refractivity contribution >= 4 is 55.6 Å². The number of rotatable bonds is 7. The first kappa shape index (κ1) is 22.2. The number of nitrogens with two attached hydrogens (primary N) is 2. The minimum Gasteiger partial charge on any atom is -0.456 e. The van der Waals surface area contributed by atoms with Crippen LogP contribution >= 0.6 is 21.6 Å². The molecular weight excluding hydrogens is 492 g/mol. The fourth-order valence-corrected chi connectivity index (χ4v) is 5.87. The van der Waals surface area contributed by atoms with Crippen LogP contribution in [0.4, 0.5) is 11.9 Å². The summed E-state index contributed by atoms with van der Waals surface area (Å²) in [4.78, 5) is 16.7. The van der Waals surface area contributed by atoms with Crippen LogP contribution in [0.15, 0.2) is 94.7 Å². The van der Waals surface area contributed by atoms with Gasteiger partial charge < -0.3 is 30.9 Å². The van der Waals surface area contributed by atoms with Crippen molar-refractivity contribution in [3.05, 3.63) is 84.9 Å². The molecule has 10 heteroatoms. The molecular formula is C26H20N6O2S2. The van der Waals surface area contributed by atoms with Gasteiger partial charge in [0.25, 0.3) is 0 Å². The molecule has 8 nitrogen and oxygen atoms in total. The number of hydrogen-bond donors (Lipinski definition) is 4. The van der Waals surface area contributed by atoms with Gasteiger partial charge in [-0.2, -0.15) is 0 Å². The second-order valence-corrected chi connectivity index (χ2v) is 10.1. The third-order valence-electron chi connectivity index (χ3n) is 5.29. The lowest BCUT2D eigenvalue weighted by Gasteiger charge is -2.13. The molecule has 6 aromatic rings. The second-order valence-electron chi connectivity index (χ2n) is 7.87. The summed E-state index contributed by atoms with van der Waals surface area (Å²) in [6.45, 7) is 0. The molecule has 0 radical (unpaired) electrons. The van der Waals surface area contributed by atoms with E-state index < -0.39 is 0 Å². The summed E-state index contributed by atoms with van der Waals surface area (Å²) >= 11 is 0. The molecule has 0 aliphatic heterocycles. The van der Waals surface area contributed by atoms with Crippen LogP contribution in [-0.2, 0) is 0 Å². The molecule has 0 saturated heterocycles. The SMILES string of the molecule is Nc1nc2cc(SSc3cc4nc(N)[nH]c4cc3Oc3ccccc3)c(Oc3ccccc3)cc2[nH]1. The Morgan fingerprint density at radius 1 is 0.583 bits per heavy atom. The van der Waals surface area contributed by atoms with Gasteiger partial charge in [-0.25, -0.2) is 9.97 Å². The lowest BCUT2D eigenvalue weighted by Crippen LogP contribution is -1.88. The van der Waals surface area contributed by atoms with Crippen LogP contribution in [0, 0.1) is 0 Å². The first-order valence-electron chi connectivity index (χ1n) is 11.0.